The third-order valence-corrected chi connectivity index (χ3v) is 5.16. The molecule has 1 aromatic heterocycles. The number of carbonyl (C=O) groups excluding carboxylic acids is 1. The minimum Gasteiger partial charge on any atom is -0.464 e. The van der Waals surface area contributed by atoms with Crippen LogP contribution in [0.4, 0.5) is 4.79 Å². The summed E-state index contributed by atoms with van der Waals surface area (Å²) >= 11 is 0. The van der Waals surface area contributed by atoms with E-state index in [9.17, 15) is 4.79 Å². The first-order chi connectivity index (χ1) is 11.7. The lowest BCUT2D eigenvalue weighted by Gasteiger charge is -2.33. The van der Waals surface area contributed by atoms with Crippen LogP contribution in [0.25, 0.3) is 0 Å². The number of furan rings is 1. The molecule has 3 heterocycles. The van der Waals surface area contributed by atoms with Gasteiger partial charge in [0.15, 0.2) is 0 Å². The quantitative estimate of drug-likeness (QED) is 0.867. The largest absolute Gasteiger partial charge is 0.464 e. The van der Waals surface area contributed by atoms with Crippen LogP contribution in [-0.4, -0.2) is 61.3 Å². The molecule has 2 unspecified atom stereocenters. The van der Waals surface area contributed by atoms with Crippen molar-refractivity contribution in [1.29, 1.82) is 0 Å². The molecule has 2 amide bonds. The van der Waals surface area contributed by atoms with Gasteiger partial charge >= 0.3 is 6.03 Å². The molecular weight excluding hydrogens is 306 g/mol. The summed E-state index contributed by atoms with van der Waals surface area (Å²) in [6.07, 6.45) is 4.80. The number of carbonyl (C=O) groups is 1. The third kappa shape index (κ3) is 4.11. The fourth-order valence-electron chi connectivity index (χ4n) is 3.88. The van der Waals surface area contributed by atoms with Gasteiger partial charge < -0.3 is 19.4 Å². The van der Waals surface area contributed by atoms with Crippen LogP contribution in [0.15, 0.2) is 16.5 Å². The molecule has 2 fully saturated rings. The van der Waals surface area contributed by atoms with Crippen LogP contribution in [0.2, 0.25) is 0 Å². The zero-order chi connectivity index (χ0) is 16.9. The zero-order valence-electron chi connectivity index (χ0n) is 14.8. The summed E-state index contributed by atoms with van der Waals surface area (Å²) in [5, 5.41) is 3.26. The van der Waals surface area contributed by atoms with Gasteiger partial charge in [0.1, 0.15) is 11.5 Å². The molecule has 0 aliphatic carbocycles. The predicted octanol–water partition coefficient (Wildman–Crippen LogP) is 2.37. The van der Waals surface area contributed by atoms with Crippen LogP contribution in [0.3, 0.4) is 0 Å². The molecule has 0 bridgehead atoms. The van der Waals surface area contributed by atoms with Gasteiger partial charge in [-0.3, -0.25) is 4.90 Å². The molecule has 1 aromatic rings. The molecular formula is C18H29N3O3. The second kappa shape index (κ2) is 8.03. The first kappa shape index (κ1) is 17.3. The number of rotatable bonds is 6. The van der Waals surface area contributed by atoms with E-state index in [-0.39, 0.29) is 12.1 Å². The Morgan fingerprint density at radius 3 is 3.00 bits per heavy atom. The van der Waals surface area contributed by atoms with Crippen LogP contribution < -0.4 is 5.32 Å². The van der Waals surface area contributed by atoms with Gasteiger partial charge in [-0.15, -0.1) is 0 Å². The maximum atomic E-state index is 12.8. The molecule has 3 rings (SSSR count). The summed E-state index contributed by atoms with van der Waals surface area (Å²) in [5.41, 5.74) is 0. The van der Waals surface area contributed by atoms with Crippen molar-refractivity contribution in [3.05, 3.63) is 23.7 Å². The zero-order valence-corrected chi connectivity index (χ0v) is 14.8. The fourth-order valence-corrected chi connectivity index (χ4v) is 3.88. The van der Waals surface area contributed by atoms with Crippen LogP contribution in [0, 0.1) is 6.92 Å². The molecule has 0 radical (unpaired) electrons. The van der Waals surface area contributed by atoms with Crippen molar-refractivity contribution in [3.63, 3.8) is 0 Å². The van der Waals surface area contributed by atoms with Gasteiger partial charge in [0.2, 0.25) is 0 Å². The molecule has 0 aromatic carbocycles. The highest BCUT2D eigenvalue weighted by molar-refractivity contribution is 5.74. The van der Waals surface area contributed by atoms with Crippen LogP contribution in [-0.2, 0) is 11.3 Å². The van der Waals surface area contributed by atoms with Gasteiger partial charge in [-0.25, -0.2) is 4.79 Å². The second-order valence-electron chi connectivity index (χ2n) is 6.87. The van der Waals surface area contributed by atoms with Crippen molar-refractivity contribution in [2.45, 2.75) is 51.2 Å². The SMILES string of the molecule is COCCN(Cc1ccc(C)o1)C(=O)NC1CCN2CCCCC12. The summed E-state index contributed by atoms with van der Waals surface area (Å²) in [6, 6.07) is 4.62. The van der Waals surface area contributed by atoms with Gasteiger partial charge in [0.05, 0.1) is 13.2 Å². The number of methoxy groups -OCH3 is 1. The molecule has 0 saturated carbocycles. The van der Waals surface area contributed by atoms with E-state index >= 15 is 0 Å². The van der Waals surface area contributed by atoms with Gasteiger partial charge in [-0.05, 0) is 44.9 Å². The lowest BCUT2D eigenvalue weighted by molar-refractivity contribution is 0.136. The Balaban J connectivity index is 1.60. The number of hydrogen-bond donors (Lipinski definition) is 1. The number of fused-ring (bicyclic) bond motifs is 1. The normalized spacial score (nSPS) is 23.9. The molecule has 2 aliphatic rings. The Labute approximate surface area is 144 Å². The summed E-state index contributed by atoms with van der Waals surface area (Å²) in [7, 11) is 1.66. The molecule has 134 valence electrons. The van der Waals surface area contributed by atoms with Crippen molar-refractivity contribution in [3.8, 4) is 0 Å². The number of amides is 2. The number of nitrogens with one attached hydrogen (secondary N) is 1. The molecule has 1 N–H and O–H groups in total. The van der Waals surface area contributed by atoms with Gasteiger partial charge in [0.25, 0.3) is 0 Å². The maximum absolute atomic E-state index is 12.8. The number of nitrogens with zero attached hydrogens (tertiary/aromatic N) is 2. The lowest BCUT2D eigenvalue weighted by atomic mass is 9.99. The van der Waals surface area contributed by atoms with E-state index in [1.807, 2.05) is 19.1 Å². The Morgan fingerprint density at radius 1 is 1.38 bits per heavy atom. The first-order valence-corrected chi connectivity index (χ1v) is 9.01. The minimum absolute atomic E-state index is 0.0153. The monoisotopic (exact) mass is 335 g/mol. The van der Waals surface area contributed by atoms with E-state index in [1.165, 1.54) is 25.8 Å². The Hall–Kier alpha value is -1.53. The smallest absolute Gasteiger partial charge is 0.318 e. The average molecular weight is 335 g/mol. The molecule has 6 heteroatoms. The topological polar surface area (TPSA) is 58.0 Å². The Morgan fingerprint density at radius 2 is 2.25 bits per heavy atom. The maximum Gasteiger partial charge on any atom is 0.318 e. The number of urea groups is 1. The molecule has 6 nitrogen and oxygen atoms in total. The summed E-state index contributed by atoms with van der Waals surface area (Å²) in [6.45, 7) is 5.75. The second-order valence-corrected chi connectivity index (χ2v) is 6.87. The molecule has 24 heavy (non-hydrogen) atoms. The fraction of sp³-hybridized carbons (Fsp3) is 0.722. The molecule has 2 aliphatic heterocycles. The van der Waals surface area contributed by atoms with Gasteiger partial charge in [-0.1, -0.05) is 6.42 Å². The van der Waals surface area contributed by atoms with Crippen LogP contribution >= 0.6 is 0 Å². The molecule has 2 atom stereocenters. The lowest BCUT2D eigenvalue weighted by Crippen LogP contribution is -2.51. The first-order valence-electron chi connectivity index (χ1n) is 9.01. The molecule has 0 spiro atoms. The third-order valence-electron chi connectivity index (χ3n) is 5.16. The number of piperidine rings is 1. The predicted molar refractivity (Wildman–Crippen MR) is 91.9 cm³/mol. The standard InChI is InChI=1S/C18H29N3O3/c1-14-6-7-15(24-14)13-21(11-12-23-2)18(22)19-16-8-10-20-9-4-3-5-17(16)20/h6-7,16-17H,3-5,8-13H2,1-2H3,(H,19,22). The number of aryl methyl sites for hydroxylation is 1. The van der Waals surface area contributed by atoms with Crippen molar-refractivity contribution < 1.29 is 13.9 Å². The van der Waals surface area contributed by atoms with Gasteiger partial charge in [0, 0.05) is 32.3 Å². The number of hydrogen-bond acceptors (Lipinski definition) is 4. The van der Waals surface area contributed by atoms with E-state index in [0.29, 0.717) is 25.7 Å². The van der Waals surface area contributed by atoms with Crippen molar-refractivity contribution >= 4 is 6.03 Å². The van der Waals surface area contributed by atoms with E-state index in [1.54, 1.807) is 12.0 Å². The molecule has 2 saturated heterocycles. The van der Waals surface area contributed by atoms with Crippen molar-refractivity contribution in [2.75, 3.05) is 33.4 Å². The van der Waals surface area contributed by atoms with Crippen molar-refractivity contribution in [1.82, 2.24) is 15.1 Å². The summed E-state index contributed by atoms with van der Waals surface area (Å²) < 4.78 is 10.8. The highest BCUT2D eigenvalue weighted by Crippen LogP contribution is 2.27. The minimum atomic E-state index is -0.0153. The van der Waals surface area contributed by atoms with E-state index in [0.717, 1.165) is 24.5 Å². The van der Waals surface area contributed by atoms with Crippen molar-refractivity contribution in [2.24, 2.45) is 0 Å². The van der Waals surface area contributed by atoms with Gasteiger partial charge in [-0.2, -0.15) is 0 Å². The van der Waals surface area contributed by atoms with E-state index < -0.39 is 0 Å². The van der Waals surface area contributed by atoms with E-state index in [2.05, 4.69) is 10.2 Å². The van der Waals surface area contributed by atoms with Crippen LogP contribution in [0.5, 0.6) is 0 Å². The van der Waals surface area contributed by atoms with E-state index in [4.69, 9.17) is 9.15 Å². The Bertz CT molecular complexity index is 545. The Kier molecular flexibility index (Phi) is 5.79. The number of ether oxygens (including phenoxy) is 1. The average Bonchev–Trinajstić information content (AvgIpc) is 3.18. The summed E-state index contributed by atoms with van der Waals surface area (Å²) in [4.78, 5) is 17.1. The highest BCUT2D eigenvalue weighted by atomic mass is 16.5. The summed E-state index contributed by atoms with van der Waals surface area (Å²) in [5.74, 6) is 1.68. The highest BCUT2D eigenvalue weighted by Gasteiger charge is 2.36. The van der Waals surface area contributed by atoms with Crippen LogP contribution in [0.1, 0.15) is 37.2 Å².